The molecule has 0 aliphatic rings. The maximum Gasteiger partial charge on any atom is 0.432 e. The topological polar surface area (TPSA) is 92.8 Å². The van der Waals surface area contributed by atoms with E-state index in [4.69, 9.17) is 4.74 Å². The SMILES string of the molecule is CCOC(=O)c1cnc(NCc2ncc(C(F)(F)F)[nH]2)nc1C. The van der Waals surface area contributed by atoms with E-state index < -0.39 is 17.8 Å². The number of alkyl halides is 3. The zero-order valence-corrected chi connectivity index (χ0v) is 12.4. The van der Waals surface area contributed by atoms with Gasteiger partial charge in [-0.2, -0.15) is 13.2 Å². The molecule has 2 rings (SSSR count). The van der Waals surface area contributed by atoms with Gasteiger partial charge in [0.15, 0.2) is 0 Å². The second-order valence-electron chi connectivity index (χ2n) is 4.51. The molecule has 2 N–H and O–H groups in total. The molecule has 0 aromatic carbocycles. The maximum atomic E-state index is 12.4. The van der Waals surface area contributed by atoms with E-state index in [2.05, 4.69) is 25.3 Å². The number of hydrogen-bond donors (Lipinski definition) is 2. The normalized spacial score (nSPS) is 11.3. The Kier molecular flexibility index (Phi) is 4.82. The van der Waals surface area contributed by atoms with Crippen molar-refractivity contribution in [1.82, 2.24) is 19.9 Å². The molecular formula is C13H14F3N5O2. The molecule has 2 heterocycles. The molecule has 10 heteroatoms. The van der Waals surface area contributed by atoms with E-state index in [1.165, 1.54) is 6.20 Å². The van der Waals surface area contributed by atoms with Crippen LogP contribution in [0, 0.1) is 6.92 Å². The van der Waals surface area contributed by atoms with Crippen LogP contribution in [-0.2, 0) is 17.5 Å². The van der Waals surface area contributed by atoms with Crippen molar-refractivity contribution in [3.05, 3.63) is 35.2 Å². The minimum atomic E-state index is -4.47. The zero-order valence-electron chi connectivity index (χ0n) is 12.4. The first-order valence-corrected chi connectivity index (χ1v) is 6.67. The van der Waals surface area contributed by atoms with E-state index in [1.54, 1.807) is 13.8 Å². The van der Waals surface area contributed by atoms with Crippen LogP contribution in [0.1, 0.15) is 34.5 Å². The first kappa shape index (κ1) is 16.7. The molecule has 0 aliphatic carbocycles. The van der Waals surface area contributed by atoms with Crippen molar-refractivity contribution >= 4 is 11.9 Å². The first-order valence-electron chi connectivity index (χ1n) is 6.67. The van der Waals surface area contributed by atoms with Crippen LogP contribution in [0.25, 0.3) is 0 Å². The van der Waals surface area contributed by atoms with Gasteiger partial charge in [-0.1, -0.05) is 0 Å². The van der Waals surface area contributed by atoms with Crippen LogP contribution < -0.4 is 5.32 Å². The number of nitrogens with one attached hydrogen (secondary N) is 2. The molecule has 7 nitrogen and oxygen atoms in total. The standard InChI is InChI=1S/C13H14F3N5O2/c1-3-23-11(22)8-4-18-12(20-7(8)2)19-6-10-17-5-9(21-10)13(14,15)16/h4-5H,3,6H2,1-2H3,(H,17,21)(H,18,19,20). The number of anilines is 1. The number of hydrogen-bond acceptors (Lipinski definition) is 6. The molecule has 0 amide bonds. The first-order chi connectivity index (χ1) is 10.8. The van der Waals surface area contributed by atoms with Crippen molar-refractivity contribution in [3.8, 4) is 0 Å². The second-order valence-corrected chi connectivity index (χ2v) is 4.51. The Labute approximate surface area is 129 Å². The fraction of sp³-hybridized carbons (Fsp3) is 0.385. The van der Waals surface area contributed by atoms with E-state index in [1.807, 2.05) is 0 Å². The molecular weight excluding hydrogens is 315 g/mol. The van der Waals surface area contributed by atoms with Gasteiger partial charge in [-0.25, -0.2) is 19.7 Å². The predicted molar refractivity (Wildman–Crippen MR) is 73.6 cm³/mol. The van der Waals surface area contributed by atoms with Gasteiger partial charge in [0.2, 0.25) is 5.95 Å². The smallest absolute Gasteiger partial charge is 0.432 e. The van der Waals surface area contributed by atoms with E-state index in [9.17, 15) is 18.0 Å². The molecule has 0 aliphatic heterocycles. The number of carbonyl (C=O) groups is 1. The largest absolute Gasteiger partial charge is 0.462 e. The summed E-state index contributed by atoms with van der Waals surface area (Å²) in [5.41, 5.74) is -0.296. The minimum absolute atomic E-state index is 0.0196. The molecule has 0 radical (unpaired) electrons. The summed E-state index contributed by atoms with van der Waals surface area (Å²) >= 11 is 0. The highest BCUT2D eigenvalue weighted by atomic mass is 19.4. The molecule has 0 bridgehead atoms. The van der Waals surface area contributed by atoms with Crippen molar-refractivity contribution in [2.75, 3.05) is 11.9 Å². The monoisotopic (exact) mass is 329 g/mol. The van der Waals surface area contributed by atoms with E-state index in [0.717, 1.165) is 0 Å². The van der Waals surface area contributed by atoms with Gasteiger partial charge >= 0.3 is 12.1 Å². The van der Waals surface area contributed by atoms with Gasteiger partial charge in [0.25, 0.3) is 0 Å². The number of imidazole rings is 1. The van der Waals surface area contributed by atoms with Crippen LogP contribution in [-0.4, -0.2) is 32.5 Å². The number of aryl methyl sites for hydroxylation is 1. The highest BCUT2D eigenvalue weighted by Crippen LogP contribution is 2.27. The third-order valence-electron chi connectivity index (χ3n) is 2.82. The molecule has 0 saturated heterocycles. The van der Waals surface area contributed by atoms with Gasteiger partial charge < -0.3 is 15.0 Å². The lowest BCUT2D eigenvalue weighted by Gasteiger charge is -2.07. The summed E-state index contributed by atoms with van der Waals surface area (Å²) in [5, 5.41) is 2.73. The molecule has 0 saturated carbocycles. The van der Waals surface area contributed by atoms with E-state index in [0.29, 0.717) is 11.9 Å². The summed E-state index contributed by atoms with van der Waals surface area (Å²) in [6.45, 7) is 3.50. The highest BCUT2D eigenvalue weighted by molar-refractivity contribution is 5.90. The zero-order chi connectivity index (χ0) is 17.0. The third-order valence-corrected chi connectivity index (χ3v) is 2.82. The van der Waals surface area contributed by atoms with Crippen molar-refractivity contribution < 1.29 is 22.7 Å². The van der Waals surface area contributed by atoms with Crippen molar-refractivity contribution in [2.24, 2.45) is 0 Å². The fourth-order valence-electron chi connectivity index (χ4n) is 1.72. The molecule has 0 fully saturated rings. The number of rotatable bonds is 5. The number of nitrogens with zero attached hydrogens (tertiary/aromatic N) is 3. The highest BCUT2D eigenvalue weighted by Gasteiger charge is 2.32. The average molecular weight is 329 g/mol. The third kappa shape index (κ3) is 4.18. The second kappa shape index (κ2) is 6.63. The van der Waals surface area contributed by atoms with Crippen LogP contribution in [0.15, 0.2) is 12.4 Å². The number of halogens is 3. The number of ether oxygens (including phenoxy) is 1. The van der Waals surface area contributed by atoms with E-state index in [-0.39, 0.29) is 30.5 Å². The van der Waals surface area contributed by atoms with Crippen molar-refractivity contribution in [1.29, 1.82) is 0 Å². The number of aromatic amines is 1. The van der Waals surface area contributed by atoms with Crippen LogP contribution in [0.2, 0.25) is 0 Å². The summed E-state index contributed by atoms with van der Waals surface area (Å²) < 4.78 is 42.2. The molecule has 124 valence electrons. The minimum Gasteiger partial charge on any atom is -0.462 e. The number of H-pyrrole nitrogens is 1. The van der Waals surface area contributed by atoms with Gasteiger partial charge in [-0.3, -0.25) is 0 Å². The van der Waals surface area contributed by atoms with Crippen LogP contribution in [0.5, 0.6) is 0 Å². The van der Waals surface area contributed by atoms with Crippen LogP contribution in [0.4, 0.5) is 19.1 Å². The van der Waals surface area contributed by atoms with Gasteiger partial charge in [-0.15, -0.1) is 0 Å². The predicted octanol–water partition coefficient (Wildman–Crippen LogP) is 2.32. The Bertz CT molecular complexity index is 699. The Balaban J connectivity index is 2.02. The Morgan fingerprint density at radius 1 is 1.35 bits per heavy atom. The molecule has 2 aromatic rings. The number of carbonyl (C=O) groups excluding carboxylic acids is 1. The summed E-state index contributed by atoms with van der Waals surface area (Å²) in [5.74, 6) is -0.272. The molecule has 23 heavy (non-hydrogen) atoms. The molecule has 0 unspecified atom stereocenters. The van der Waals surface area contributed by atoms with Gasteiger partial charge in [-0.05, 0) is 13.8 Å². The van der Waals surface area contributed by atoms with Gasteiger partial charge in [0, 0.05) is 6.20 Å². The Morgan fingerprint density at radius 2 is 2.09 bits per heavy atom. The molecule has 2 aromatic heterocycles. The Morgan fingerprint density at radius 3 is 2.65 bits per heavy atom. The van der Waals surface area contributed by atoms with E-state index >= 15 is 0 Å². The lowest BCUT2D eigenvalue weighted by molar-refractivity contribution is -0.140. The van der Waals surface area contributed by atoms with Crippen LogP contribution in [0.3, 0.4) is 0 Å². The fourth-order valence-corrected chi connectivity index (χ4v) is 1.72. The summed E-state index contributed by atoms with van der Waals surface area (Å²) in [7, 11) is 0. The van der Waals surface area contributed by atoms with Gasteiger partial charge in [0.1, 0.15) is 11.5 Å². The Hall–Kier alpha value is -2.65. The number of aromatic nitrogens is 4. The molecule has 0 atom stereocenters. The summed E-state index contributed by atoms with van der Waals surface area (Å²) in [4.78, 5) is 25.4. The van der Waals surface area contributed by atoms with Gasteiger partial charge in [0.05, 0.1) is 30.6 Å². The molecule has 0 spiro atoms. The van der Waals surface area contributed by atoms with Crippen molar-refractivity contribution in [2.45, 2.75) is 26.6 Å². The lowest BCUT2D eigenvalue weighted by atomic mass is 10.2. The van der Waals surface area contributed by atoms with Crippen molar-refractivity contribution in [3.63, 3.8) is 0 Å². The number of esters is 1. The summed E-state index contributed by atoms with van der Waals surface area (Å²) in [6, 6.07) is 0. The maximum absolute atomic E-state index is 12.4. The lowest BCUT2D eigenvalue weighted by Crippen LogP contribution is -2.12. The summed E-state index contributed by atoms with van der Waals surface area (Å²) in [6.07, 6.45) is -2.46. The quantitative estimate of drug-likeness (QED) is 0.818. The van der Waals surface area contributed by atoms with Crippen LogP contribution >= 0.6 is 0 Å². The average Bonchev–Trinajstić information content (AvgIpc) is 2.94.